The fraction of sp³-hybridized carbons (Fsp3) is 0.0667. The average Bonchev–Trinajstić information content (AvgIpc) is 3.11. The number of thioether (sulfide) groups is 1. The molecule has 0 saturated heterocycles. The van der Waals surface area contributed by atoms with E-state index in [1.807, 2.05) is 0 Å². The molecule has 0 spiro atoms. The number of carbonyl (C=O) groups excluding carboxylic acids is 1. The molecule has 0 atom stereocenters. The van der Waals surface area contributed by atoms with Gasteiger partial charge in [-0.25, -0.2) is 4.68 Å². The molecule has 0 radical (unpaired) electrons. The fourth-order valence-electron chi connectivity index (χ4n) is 2.03. The van der Waals surface area contributed by atoms with Crippen molar-refractivity contribution >= 4 is 23.4 Å². The SMILES string of the molecule is O=C(Nc1ccccc1SC(F)F)c1cccc(-n2cnnn2)c1. The Bertz CT molecular complexity index is 841. The van der Waals surface area contributed by atoms with Crippen LogP contribution in [0.1, 0.15) is 10.4 Å². The molecule has 1 N–H and O–H groups in total. The second kappa shape index (κ2) is 7.18. The minimum Gasteiger partial charge on any atom is -0.321 e. The fourth-order valence-corrected chi connectivity index (χ4v) is 2.63. The summed E-state index contributed by atoms with van der Waals surface area (Å²) in [4.78, 5) is 12.7. The lowest BCUT2D eigenvalue weighted by atomic mass is 10.2. The van der Waals surface area contributed by atoms with E-state index in [0.717, 1.165) is 0 Å². The van der Waals surface area contributed by atoms with Crippen molar-refractivity contribution in [3.63, 3.8) is 0 Å². The van der Waals surface area contributed by atoms with E-state index in [9.17, 15) is 13.6 Å². The van der Waals surface area contributed by atoms with Gasteiger partial charge >= 0.3 is 0 Å². The number of amides is 1. The Morgan fingerprint density at radius 1 is 1.17 bits per heavy atom. The van der Waals surface area contributed by atoms with Crippen molar-refractivity contribution in [2.75, 3.05) is 5.32 Å². The predicted octanol–water partition coefficient (Wildman–Crippen LogP) is 3.23. The highest BCUT2D eigenvalue weighted by atomic mass is 32.2. The normalized spacial score (nSPS) is 10.8. The van der Waals surface area contributed by atoms with Crippen LogP contribution in [0.4, 0.5) is 14.5 Å². The van der Waals surface area contributed by atoms with Gasteiger partial charge in [-0.05, 0) is 40.8 Å². The molecule has 0 bridgehead atoms. The van der Waals surface area contributed by atoms with Gasteiger partial charge in [0.15, 0.2) is 0 Å². The van der Waals surface area contributed by atoms with Crippen molar-refractivity contribution in [1.29, 1.82) is 0 Å². The van der Waals surface area contributed by atoms with Crippen molar-refractivity contribution in [2.24, 2.45) is 0 Å². The number of tetrazole rings is 1. The van der Waals surface area contributed by atoms with Crippen LogP contribution in [0.25, 0.3) is 5.69 Å². The molecule has 1 aromatic heterocycles. The van der Waals surface area contributed by atoms with Gasteiger partial charge in [-0.2, -0.15) is 8.78 Å². The molecule has 1 heterocycles. The summed E-state index contributed by atoms with van der Waals surface area (Å²) in [5, 5.41) is 13.5. The first-order valence-electron chi connectivity index (χ1n) is 6.82. The van der Waals surface area contributed by atoms with Crippen molar-refractivity contribution in [2.45, 2.75) is 10.7 Å². The predicted molar refractivity (Wildman–Crippen MR) is 85.4 cm³/mol. The summed E-state index contributed by atoms with van der Waals surface area (Å²) in [6, 6.07) is 13.1. The van der Waals surface area contributed by atoms with Crippen LogP contribution in [-0.4, -0.2) is 31.9 Å². The number of para-hydroxylation sites is 1. The zero-order valence-electron chi connectivity index (χ0n) is 12.1. The number of hydrogen-bond acceptors (Lipinski definition) is 5. The maximum Gasteiger partial charge on any atom is 0.288 e. The van der Waals surface area contributed by atoms with E-state index in [2.05, 4.69) is 20.8 Å². The molecule has 2 aromatic carbocycles. The minimum absolute atomic E-state index is 0.303. The Hall–Kier alpha value is -2.81. The Kier molecular flexibility index (Phi) is 4.80. The number of rotatable bonds is 5. The van der Waals surface area contributed by atoms with Crippen LogP contribution >= 0.6 is 11.8 Å². The van der Waals surface area contributed by atoms with E-state index < -0.39 is 11.7 Å². The van der Waals surface area contributed by atoms with Crippen molar-refractivity contribution in [3.8, 4) is 5.69 Å². The van der Waals surface area contributed by atoms with Gasteiger partial charge in [0, 0.05) is 10.5 Å². The van der Waals surface area contributed by atoms with Crippen LogP contribution < -0.4 is 5.32 Å². The number of carbonyl (C=O) groups is 1. The van der Waals surface area contributed by atoms with Crippen LogP contribution in [0.15, 0.2) is 59.8 Å². The zero-order valence-corrected chi connectivity index (χ0v) is 13.0. The Morgan fingerprint density at radius 2 is 2.00 bits per heavy atom. The van der Waals surface area contributed by atoms with Gasteiger partial charge in [-0.1, -0.05) is 30.0 Å². The smallest absolute Gasteiger partial charge is 0.288 e. The number of benzene rings is 2. The zero-order chi connectivity index (χ0) is 16.9. The third-order valence-electron chi connectivity index (χ3n) is 3.07. The van der Waals surface area contributed by atoms with Crippen molar-refractivity contribution in [1.82, 2.24) is 20.2 Å². The highest BCUT2D eigenvalue weighted by Crippen LogP contribution is 2.31. The van der Waals surface area contributed by atoms with E-state index in [1.165, 1.54) is 17.1 Å². The van der Waals surface area contributed by atoms with Gasteiger partial charge in [-0.3, -0.25) is 4.79 Å². The molecule has 1 amide bonds. The first-order chi connectivity index (χ1) is 11.6. The molecule has 3 aromatic rings. The van der Waals surface area contributed by atoms with E-state index in [4.69, 9.17) is 0 Å². The molecule has 0 aliphatic rings. The van der Waals surface area contributed by atoms with E-state index in [0.29, 0.717) is 33.6 Å². The van der Waals surface area contributed by atoms with Gasteiger partial charge in [0.1, 0.15) is 6.33 Å². The monoisotopic (exact) mass is 347 g/mol. The number of nitrogens with one attached hydrogen (secondary N) is 1. The summed E-state index contributed by atoms with van der Waals surface area (Å²) in [6.45, 7) is 0. The van der Waals surface area contributed by atoms with E-state index in [1.54, 1.807) is 42.5 Å². The first-order valence-corrected chi connectivity index (χ1v) is 7.70. The summed E-state index contributed by atoms with van der Waals surface area (Å²) in [5.74, 6) is -2.97. The molecule has 0 aliphatic carbocycles. The summed E-state index contributed by atoms with van der Waals surface area (Å²) >= 11 is 0.385. The summed E-state index contributed by atoms with van der Waals surface area (Å²) in [7, 11) is 0. The van der Waals surface area contributed by atoms with Crippen LogP contribution in [0.2, 0.25) is 0 Å². The number of aromatic nitrogens is 4. The lowest BCUT2D eigenvalue weighted by Gasteiger charge is -2.11. The lowest BCUT2D eigenvalue weighted by Crippen LogP contribution is -2.13. The summed E-state index contributed by atoms with van der Waals surface area (Å²) < 4.78 is 26.6. The molecular weight excluding hydrogens is 336 g/mol. The standard InChI is InChI=1S/C15H11F2N5OS/c16-15(17)24-13-7-2-1-6-12(13)19-14(23)10-4-3-5-11(8-10)22-9-18-20-21-22/h1-9,15H,(H,19,23). The first kappa shape index (κ1) is 16.1. The van der Waals surface area contributed by atoms with Gasteiger partial charge in [0.25, 0.3) is 11.7 Å². The van der Waals surface area contributed by atoms with Gasteiger partial charge in [0.05, 0.1) is 11.4 Å². The number of alkyl halides is 2. The number of halogens is 2. The molecule has 24 heavy (non-hydrogen) atoms. The van der Waals surface area contributed by atoms with Gasteiger partial charge in [0.2, 0.25) is 0 Å². The third-order valence-corrected chi connectivity index (χ3v) is 3.86. The maximum atomic E-state index is 12.6. The number of nitrogens with zero attached hydrogens (tertiary/aromatic N) is 4. The molecule has 0 aliphatic heterocycles. The Balaban J connectivity index is 1.82. The topological polar surface area (TPSA) is 72.7 Å². The molecule has 0 unspecified atom stereocenters. The second-order valence-electron chi connectivity index (χ2n) is 4.63. The lowest BCUT2D eigenvalue weighted by molar-refractivity contribution is 0.102. The second-order valence-corrected chi connectivity index (χ2v) is 5.67. The molecule has 3 rings (SSSR count). The van der Waals surface area contributed by atoms with Crippen LogP contribution in [0.3, 0.4) is 0 Å². The molecular formula is C15H11F2N5OS. The van der Waals surface area contributed by atoms with Crippen molar-refractivity contribution in [3.05, 3.63) is 60.4 Å². The number of anilines is 1. The molecule has 122 valence electrons. The quantitative estimate of drug-likeness (QED) is 0.718. The van der Waals surface area contributed by atoms with Gasteiger partial charge < -0.3 is 5.32 Å². The van der Waals surface area contributed by atoms with Gasteiger partial charge in [-0.15, -0.1) is 5.10 Å². The van der Waals surface area contributed by atoms with Crippen molar-refractivity contribution < 1.29 is 13.6 Å². The summed E-state index contributed by atoms with van der Waals surface area (Å²) in [6.07, 6.45) is 1.41. The van der Waals surface area contributed by atoms with Crippen LogP contribution in [0.5, 0.6) is 0 Å². The molecule has 0 saturated carbocycles. The van der Waals surface area contributed by atoms with E-state index >= 15 is 0 Å². The maximum absolute atomic E-state index is 12.6. The van der Waals surface area contributed by atoms with E-state index in [-0.39, 0.29) is 0 Å². The summed E-state index contributed by atoms with van der Waals surface area (Å²) in [5.41, 5.74) is 1.31. The molecule has 6 nitrogen and oxygen atoms in total. The average molecular weight is 347 g/mol. The number of hydrogen-bond donors (Lipinski definition) is 1. The highest BCUT2D eigenvalue weighted by Gasteiger charge is 2.13. The van der Waals surface area contributed by atoms with Crippen LogP contribution in [0, 0.1) is 0 Å². The largest absolute Gasteiger partial charge is 0.321 e. The molecule has 9 heteroatoms. The highest BCUT2D eigenvalue weighted by molar-refractivity contribution is 7.99. The third kappa shape index (κ3) is 3.74. The van der Waals surface area contributed by atoms with Crippen LogP contribution in [-0.2, 0) is 0 Å². The Labute approximate surface area is 139 Å². The Morgan fingerprint density at radius 3 is 2.75 bits per heavy atom. The minimum atomic E-state index is -2.56. The molecule has 0 fully saturated rings.